The Kier molecular flexibility index (Phi) is 9.74. The number of benzene rings is 8. The van der Waals surface area contributed by atoms with Crippen LogP contribution in [0, 0.1) is 5.92 Å². The van der Waals surface area contributed by atoms with E-state index in [4.69, 9.17) is 0 Å². The van der Waals surface area contributed by atoms with Gasteiger partial charge in [0.15, 0.2) is 0 Å². The second-order valence-electron chi connectivity index (χ2n) is 18.7. The van der Waals surface area contributed by atoms with Gasteiger partial charge in [-0.1, -0.05) is 183 Å². The minimum absolute atomic E-state index is 0.865. The second kappa shape index (κ2) is 16.2. The first-order valence-corrected chi connectivity index (χ1v) is 23.4. The van der Waals surface area contributed by atoms with Crippen LogP contribution in [0.15, 0.2) is 192 Å². The van der Waals surface area contributed by atoms with Crippen LogP contribution in [0.5, 0.6) is 0 Å². The Morgan fingerprint density at radius 3 is 1.37 bits per heavy atom. The molecule has 6 aliphatic carbocycles. The minimum atomic E-state index is 0.865. The average molecular weight is 809 g/mol. The highest BCUT2D eigenvalue weighted by Crippen LogP contribution is 2.40. The smallest absolute Gasteiger partial charge is 0.00165 e. The van der Waals surface area contributed by atoms with Crippen LogP contribution in [-0.2, 0) is 25.7 Å². The van der Waals surface area contributed by atoms with Gasteiger partial charge in [0.2, 0.25) is 0 Å². The van der Waals surface area contributed by atoms with Gasteiger partial charge < -0.3 is 0 Å². The van der Waals surface area contributed by atoms with Crippen molar-refractivity contribution in [1.82, 2.24) is 0 Å². The molecular formula is C63H52. The van der Waals surface area contributed by atoms with Crippen molar-refractivity contribution in [2.75, 3.05) is 0 Å². The quantitative estimate of drug-likeness (QED) is 0.156. The summed E-state index contributed by atoms with van der Waals surface area (Å²) in [6.07, 6.45) is 28.9. The molecule has 0 atom stereocenters. The van der Waals surface area contributed by atoms with Gasteiger partial charge in [-0.3, -0.25) is 0 Å². The molecule has 6 aliphatic rings. The summed E-state index contributed by atoms with van der Waals surface area (Å²) >= 11 is 0. The Hall–Kier alpha value is -6.76. The molecule has 0 unspecified atom stereocenters. The lowest BCUT2D eigenvalue weighted by molar-refractivity contribution is 0.401. The Bertz CT molecular complexity index is 3330. The summed E-state index contributed by atoms with van der Waals surface area (Å²) < 4.78 is 0. The van der Waals surface area contributed by atoms with Crippen molar-refractivity contribution in [1.29, 1.82) is 0 Å². The Balaban J connectivity index is 0.000000101. The molecule has 0 bridgehead atoms. The van der Waals surface area contributed by atoms with Gasteiger partial charge in [-0.15, -0.1) is 0 Å². The molecule has 0 aliphatic heterocycles. The van der Waals surface area contributed by atoms with Crippen molar-refractivity contribution in [2.24, 2.45) is 5.92 Å². The summed E-state index contributed by atoms with van der Waals surface area (Å²) in [4.78, 5) is 0. The minimum Gasteiger partial charge on any atom is -0.0801 e. The van der Waals surface area contributed by atoms with Gasteiger partial charge in [0.25, 0.3) is 0 Å². The number of fused-ring (bicyclic) bond motifs is 8. The first-order chi connectivity index (χ1) is 31.1. The van der Waals surface area contributed by atoms with Crippen molar-refractivity contribution < 1.29 is 0 Å². The van der Waals surface area contributed by atoms with E-state index in [1.165, 1.54) is 143 Å². The molecule has 8 aromatic carbocycles. The molecule has 0 aromatic heterocycles. The first kappa shape index (κ1) is 38.0. The molecular weight excluding hydrogens is 757 g/mol. The molecule has 0 spiro atoms. The van der Waals surface area contributed by atoms with Gasteiger partial charge in [0.1, 0.15) is 0 Å². The fraction of sp³-hybridized carbons (Fsp3) is 0.175. The zero-order valence-electron chi connectivity index (χ0n) is 36.0. The topological polar surface area (TPSA) is 0 Å². The van der Waals surface area contributed by atoms with Gasteiger partial charge in [0, 0.05) is 0 Å². The summed E-state index contributed by atoms with van der Waals surface area (Å²) in [7, 11) is 0. The normalized spacial score (nSPS) is 16.9. The standard InChI is InChI=1S/2C22H16.C19H20/c1-2-6-16-10-19(9-15(16)5-1)22-13-20-11-17-7-3-4-8-18(17)12-21(20)14-22;1-2-6-15(5-1)18-11-21-13-19-9-16-7-3-4-8-17(16)10-20(19)14-22(21)12-18;1-2-6-14(7-3-1)17-12-18-10-15-8-4-5-9-16(15)11-19(18)13-17/h1-9,11-13H,10,14H2;1-5,7-11,13-14H,6,12H2;4-5,8-12,14H,1-3,6-7,13H2. The van der Waals surface area contributed by atoms with Gasteiger partial charge in [-0.2, -0.15) is 0 Å². The van der Waals surface area contributed by atoms with Crippen LogP contribution in [0.25, 0.3) is 67.4 Å². The molecule has 304 valence electrons. The SMILES string of the molecule is C1=C(C2=Cc3cc4ccccc4cc3C2)Cc2ccccc21.C1=C(C2CCCCC2)Cc2cc3ccccc3cc21.C1=CCC(C2=Cc3cc4cc5ccccc5cc4cc3C2)=C1. The van der Waals surface area contributed by atoms with Crippen LogP contribution in [0.4, 0.5) is 0 Å². The zero-order valence-corrected chi connectivity index (χ0v) is 36.0. The molecule has 0 amide bonds. The van der Waals surface area contributed by atoms with E-state index in [0.29, 0.717) is 0 Å². The summed E-state index contributed by atoms with van der Waals surface area (Å²) in [6.45, 7) is 0. The van der Waals surface area contributed by atoms with E-state index >= 15 is 0 Å². The highest BCUT2D eigenvalue weighted by Gasteiger charge is 2.24. The van der Waals surface area contributed by atoms with E-state index in [1.807, 2.05) is 0 Å². The van der Waals surface area contributed by atoms with E-state index in [9.17, 15) is 0 Å². The monoisotopic (exact) mass is 808 g/mol. The van der Waals surface area contributed by atoms with E-state index in [0.717, 1.165) is 31.6 Å². The molecule has 0 radical (unpaired) electrons. The molecule has 14 rings (SSSR count). The van der Waals surface area contributed by atoms with Gasteiger partial charge in [-0.25, -0.2) is 0 Å². The molecule has 0 heteroatoms. The van der Waals surface area contributed by atoms with Crippen LogP contribution in [0.2, 0.25) is 0 Å². The summed E-state index contributed by atoms with van der Waals surface area (Å²) in [5.41, 5.74) is 19.2. The van der Waals surface area contributed by atoms with Crippen molar-refractivity contribution >= 4 is 67.4 Å². The predicted molar refractivity (Wildman–Crippen MR) is 271 cm³/mol. The van der Waals surface area contributed by atoms with E-state index in [1.54, 1.807) is 11.1 Å². The average Bonchev–Trinajstić information content (AvgIpc) is 4.19. The van der Waals surface area contributed by atoms with Crippen molar-refractivity contribution in [3.63, 3.8) is 0 Å². The van der Waals surface area contributed by atoms with Crippen LogP contribution >= 0.6 is 0 Å². The number of hydrogen-bond acceptors (Lipinski definition) is 0. The van der Waals surface area contributed by atoms with Crippen molar-refractivity contribution in [3.8, 4) is 0 Å². The molecule has 0 heterocycles. The summed E-state index contributed by atoms with van der Waals surface area (Å²) in [6, 6.07) is 53.5. The maximum Gasteiger partial charge on any atom is -0.00165 e. The number of rotatable bonds is 3. The van der Waals surface area contributed by atoms with Crippen molar-refractivity contribution in [3.05, 3.63) is 236 Å². The molecule has 1 fully saturated rings. The zero-order chi connectivity index (χ0) is 41.7. The van der Waals surface area contributed by atoms with E-state index < -0.39 is 0 Å². The van der Waals surface area contributed by atoms with Crippen LogP contribution < -0.4 is 0 Å². The molecule has 1 saturated carbocycles. The Labute approximate surface area is 372 Å². The highest BCUT2D eigenvalue weighted by atomic mass is 14.3. The molecule has 0 nitrogen and oxygen atoms in total. The van der Waals surface area contributed by atoms with Crippen molar-refractivity contribution in [2.45, 2.75) is 64.2 Å². The second-order valence-corrected chi connectivity index (χ2v) is 18.7. The third-order valence-corrected chi connectivity index (χ3v) is 14.6. The molecule has 0 saturated heterocycles. The highest BCUT2D eigenvalue weighted by molar-refractivity contribution is 6.00. The molecule has 0 N–H and O–H groups in total. The van der Waals surface area contributed by atoms with E-state index in [-0.39, 0.29) is 0 Å². The maximum atomic E-state index is 2.48. The van der Waals surface area contributed by atoms with Crippen LogP contribution in [0.3, 0.4) is 0 Å². The number of hydrogen-bond donors (Lipinski definition) is 0. The fourth-order valence-electron chi connectivity index (χ4n) is 11.2. The maximum absolute atomic E-state index is 2.48. The summed E-state index contributed by atoms with van der Waals surface area (Å²) in [5.74, 6) is 0.865. The van der Waals surface area contributed by atoms with Gasteiger partial charge in [0.05, 0.1) is 0 Å². The molecule has 63 heavy (non-hydrogen) atoms. The predicted octanol–water partition coefficient (Wildman–Crippen LogP) is 16.6. The van der Waals surface area contributed by atoms with Gasteiger partial charge in [-0.05, 0) is 191 Å². The van der Waals surface area contributed by atoms with E-state index in [2.05, 4.69) is 188 Å². The van der Waals surface area contributed by atoms with Gasteiger partial charge >= 0.3 is 0 Å². The van der Waals surface area contributed by atoms with Crippen LogP contribution in [-0.4, -0.2) is 0 Å². The summed E-state index contributed by atoms with van der Waals surface area (Å²) in [5, 5.41) is 10.8. The Morgan fingerprint density at radius 1 is 0.333 bits per heavy atom. The fourth-order valence-corrected chi connectivity index (χ4v) is 11.2. The lowest BCUT2D eigenvalue weighted by Crippen LogP contribution is -2.08. The first-order valence-electron chi connectivity index (χ1n) is 23.4. The number of allylic oxidation sites excluding steroid dienone is 8. The third kappa shape index (κ3) is 7.53. The lowest BCUT2D eigenvalue weighted by Gasteiger charge is -2.22. The third-order valence-electron chi connectivity index (χ3n) is 14.6. The lowest BCUT2D eigenvalue weighted by atomic mass is 9.83. The Morgan fingerprint density at radius 2 is 0.778 bits per heavy atom. The molecule has 8 aromatic rings. The largest absolute Gasteiger partial charge is 0.0801 e. The van der Waals surface area contributed by atoms with Crippen LogP contribution in [0.1, 0.15) is 83.0 Å².